The van der Waals surface area contributed by atoms with Gasteiger partial charge in [-0.15, -0.1) is 0 Å². The van der Waals surface area contributed by atoms with E-state index in [9.17, 15) is 19.2 Å². The van der Waals surface area contributed by atoms with Crippen molar-refractivity contribution in [2.45, 2.75) is 91.1 Å². The number of rotatable bonds is 16. The first-order valence-electron chi connectivity index (χ1n) is 14.5. The van der Waals surface area contributed by atoms with Crippen molar-refractivity contribution in [1.29, 1.82) is 0 Å². The molecule has 0 aromatic heterocycles. The van der Waals surface area contributed by atoms with E-state index in [0.29, 0.717) is 24.0 Å². The predicted molar refractivity (Wildman–Crippen MR) is 158 cm³/mol. The lowest BCUT2D eigenvalue weighted by molar-refractivity contribution is -0.143. The molecule has 236 valence electrons. The zero-order valence-corrected chi connectivity index (χ0v) is 25.8. The van der Waals surface area contributed by atoms with Crippen molar-refractivity contribution in [3.8, 4) is 11.5 Å². The second kappa shape index (κ2) is 18.4. The van der Waals surface area contributed by atoms with Gasteiger partial charge in [0.2, 0.25) is 0 Å². The Morgan fingerprint density at radius 3 is 1.88 bits per heavy atom. The molecule has 0 saturated carbocycles. The van der Waals surface area contributed by atoms with Crippen LogP contribution < -0.4 is 14.8 Å². The Balaban J connectivity index is 2.18. The lowest BCUT2D eigenvalue weighted by atomic mass is 10.0. The van der Waals surface area contributed by atoms with Crippen LogP contribution in [0.3, 0.4) is 0 Å². The maximum absolute atomic E-state index is 12.6. The van der Waals surface area contributed by atoms with Gasteiger partial charge in [0, 0.05) is 6.54 Å². The van der Waals surface area contributed by atoms with Gasteiger partial charge in [-0.05, 0) is 69.9 Å². The van der Waals surface area contributed by atoms with E-state index in [1.54, 1.807) is 57.2 Å². The van der Waals surface area contributed by atoms with Crippen LogP contribution in [0.2, 0.25) is 0 Å². The standard InChI is InChI=1S/C32H43NO10/c1-7-12-21(3)40-31(36)42-27-17-16-24(19-28(27)43-32(37)41-22(4)13-8-2)18-26(30(35)38-6)33-20-23(5)39-29(34)25-14-10-9-11-15-25/h9-11,14-17,19,21-23,26,33H,7-8,12-13,18,20H2,1-6H3/t21?,22?,23?,26-/m0/s1. The van der Waals surface area contributed by atoms with Gasteiger partial charge in [-0.2, -0.15) is 0 Å². The highest BCUT2D eigenvalue weighted by Crippen LogP contribution is 2.30. The maximum Gasteiger partial charge on any atom is 0.514 e. The quantitative estimate of drug-likeness (QED) is 0.138. The molecular weight excluding hydrogens is 558 g/mol. The number of benzene rings is 2. The zero-order chi connectivity index (χ0) is 31.8. The molecule has 43 heavy (non-hydrogen) atoms. The fourth-order valence-corrected chi connectivity index (χ4v) is 4.12. The Bertz CT molecular complexity index is 1190. The molecule has 0 aliphatic heterocycles. The normalized spacial score (nSPS) is 13.5. The van der Waals surface area contributed by atoms with Gasteiger partial charge in [0.05, 0.1) is 12.7 Å². The summed E-state index contributed by atoms with van der Waals surface area (Å²) in [6.07, 6.45) is -0.159. The SMILES string of the molecule is CCCC(C)OC(=O)Oc1ccc(C[C@H](NCC(C)OC(=O)c2ccccc2)C(=O)OC)cc1OC(=O)OC(C)CCC. The summed E-state index contributed by atoms with van der Waals surface area (Å²) in [7, 11) is 1.26. The van der Waals surface area contributed by atoms with Gasteiger partial charge in [0.15, 0.2) is 11.5 Å². The molecule has 0 fully saturated rings. The van der Waals surface area contributed by atoms with E-state index in [0.717, 1.165) is 12.8 Å². The number of ether oxygens (including phenoxy) is 6. The number of carbonyl (C=O) groups excluding carboxylic acids is 4. The van der Waals surface area contributed by atoms with E-state index in [2.05, 4.69) is 5.32 Å². The highest BCUT2D eigenvalue weighted by atomic mass is 16.7. The van der Waals surface area contributed by atoms with Gasteiger partial charge in [-0.25, -0.2) is 14.4 Å². The summed E-state index contributed by atoms with van der Waals surface area (Å²) in [5, 5.41) is 3.07. The van der Waals surface area contributed by atoms with E-state index < -0.39 is 36.4 Å². The van der Waals surface area contributed by atoms with E-state index in [-0.39, 0.29) is 36.7 Å². The van der Waals surface area contributed by atoms with Crippen LogP contribution in [-0.2, 0) is 30.2 Å². The minimum atomic E-state index is -0.965. The molecule has 2 rings (SSSR count). The van der Waals surface area contributed by atoms with E-state index in [1.165, 1.54) is 19.2 Å². The van der Waals surface area contributed by atoms with Gasteiger partial charge in [-0.3, -0.25) is 4.79 Å². The predicted octanol–water partition coefficient (Wildman–Crippen LogP) is 6.01. The van der Waals surface area contributed by atoms with Crippen LogP contribution in [0.1, 0.15) is 76.2 Å². The fraction of sp³-hybridized carbons (Fsp3) is 0.500. The number of esters is 2. The summed E-state index contributed by atoms with van der Waals surface area (Å²) < 4.78 is 31.8. The van der Waals surface area contributed by atoms with Crippen LogP contribution in [0.4, 0.5) is 9.59 Å². The average molecular weight is 602 g/mol. The van der Waals surface area contributed by atoms with E-state index >= 15 is 0 Å². The number of methoxy groups -OCH3 is 1. The molecule has 0 saturated heterocycles. The first kappa shape index (κ1) is 35.1. The molecule has 11 heteroatoms. The molecule has 1 N–H and O–H groups in total. The minimum Gasteiger partial charge on any atom is -0.468 e. The largest absolute Gasteiger partial charge is 0.514 e. The van der Waals surface area contributed by atoms with E-state index in [4.69, 9.17) is 28.4 Å². The van der Waals surface area contributed by atoms with Gasteiger partial charge in [0.25, 0.3) is 0 Å². The molecule has 2 aromatic rings. The van der Waals surface area contributed by atoms with Gasteiger partial charge >= 0.3 is 24.2 Å². The molecule has 3 unspecified atom stereocenters. The van der Waals surface area contributed by atoms with Crippen molar-refractivity contribution in [3.05, 3.63) is 59.7 Å². The van der Waals surface area contributed by atoms with Gasteiger partial charge < -0.3 is 33.7 Å². The summed E-state index contributed by atoms with van der Waals surface area (Å²) in [6, 6.07) is 12.3. The zero-order valence-electron chi connectivity index (χ0n) is 25.8. The fourth-order valence-electron chi connectivity index (χ4n) is 4.12. The van der Waals surface area contributed by atoms with Crippen LogP contribution >= 0.6 is 0 Å². The van der Waals surface area contributed by atoms with Crippen LogP contribution in [-0.4, -0.2) is 62.3 Å². The third-order valence-electron chi connectivity index (χ3n) is 6.27. The highest BCUT2D eigenvalue weighted by Gasteiger charge is 2.24. The Morgan fingerprint density at radius 1 is 0.744 bits per heavy atom. The second-order valence-corrected chi connectivity index (χ2v) is 10.2. The molecule has 0 radical (unpaired) electrons. The number of nitrogens with one attached hydrogen (secondary N) is 1. The summed E-state index contributed by atoms with van der Waals surface area (Å²) in [5.74, 6) is -1.17. The lowest BCUT2D eigenvalue weighted by Gasteiger charge is -2.20. The molecule has 0 heterocycles. The Labute approximate surface area is 253 Å². The minimum absolute atomic E-state index is 0.0541. The molecule has 0 aliphatic rings. The third kappa shape index (κ3) is 12.7. The Hall–Kier alpha value is -4.12. The van der Waals surface area contributed by atoms with Crippen molar-refractivity contribution in [2.24, 2.45) is 0 Å². The van der Waals surface area contributed by atoms with Crippen LogP contribution in [0.15, 0.2) is 48.5 Å². The van der Waals surface area contributed by atoms with Gasteiger partial charge in [0.1, 0.15) is 24.4 Å². The summed E-state index contributed by atoms with van der Waals surface area (Å²) in [6.45, 7) is 9.29. The van der Waals surface area contributed by atoms with Crippen LogP contribution in [0.5, 0.6) is 11.5 Å². The van der Waals surface area contributed by atoms with Crippen molar-refractivity contribution in [2.75, 3.05) is 13.7 Å². The monoisotopic (exact) mass is 601 g/mol. The third-order valence-corrected chi connectivity index (χ3v) is 6.27. The smallest absolute Gasteiger partial charge is 0.468 e. The summed E-state index contributed by atoms with van der Waals surface area (Å²) in [5.41, 5.74) is 0.973. The molecular formula is C32H43NO10. The molecule has 11 nitrogen and oxygen atoms in total. The summed E-state index contributed by atoms with van der Waals surface area (Å²) >= 11 is 0. The molecule has 2 aromatic carbocycles. The van der Waals surface area contributed by atoms with E-state index in [1.807, 2.05) is 13.8 Å². The first-order chi connectivity index (χ1) is 20.6. The van der Waals surface area contributed by atoms with Crippen molar-refractivity contribution < 1.29 is 47.6 Å². The van der Waals surface area contributed by atoms with Crippen molar-refractivity contribution in [3.63, 3.8) is 0 Å². The second-order valence-electron chi connectivity index (χ2n) is 10.2. The number of hydrogen-bond acceptors (Lipinski definition) is 11. The molecule has 0 spiro atoms. The Morgan fingerprint density at radius 2 is 1.33 bits per heavy atom. The first-order valence-corrected chi connectivity index (χ1v) is 14.5. The lowest BCUT2D eigenvalue weighted by Crippen LogP contribution is -2.43. The summed E-state index contributed by atoms with van der Waals surface area (Å²) in [4.78, 5) is 49.9. The maximum atomic E-state index is 12.6. The molecule has 0 bridgehead atoms. The van der Waals surface area contributed by atoms with Crippen molar-refractivity contribution in [1.82, 2.24) is 5.32 Å². The van der Waals surface area contributed by atoms with Crippen LogP contribution in [0.25, 0.3) is 0 Å². The molecule has 0 amide bonds. The number of hydrogen-bond donors (Lipinski definition) is 1. The van der Waals surface area contributed by atoms with Crippen molar-refractivity contribution >= 4 is 24.2 Å². The van der Waals surface area contributed by atoms with Crippen LogP contribution in [0, 0.1) is 0 Å². The highest BCUT2D eigenvalue weighted by molar-refractivity contribution is 5.89. The van der Waals surface area contributed by atoms with Gasteiger partial charge in [-0.1, -0.05) is 51.0 Å². The Kier molecular flexibility index (Phi) is 15.0. The number of carbonyl (C=O) groups is 4. The molecule has 4 atom stereocenters. The average Bonchev–Trinajstić information content (AvgIpc) is 2.96. The topological polar surface area (TPSA) is 136 Å². The molecule has 0 aliphatic carbocycles.